The number of amides is 1. The van der Waals surface area contributed by atoms with Gasteiger partial charge in [-0.1, -0.05) is 13.8 Å². The highest BCUT2D eigenvalue weighted by Gasteiger charge is 2.25. The van der Waals surface area contributed by atoms with Crippen LogP contribution < -0.4 is 5.32 Å². The number of piperazine rings is 1. The molecular weight excluding hydrogens is 358 g/mol. The molecular formula is C21H41N3O4. The van der Waals surface area contributed by atoms with Crippen molar-refractivity contribution < 1.29 is 19.1 Å². The van der Waals surface area contributed by atoms with Crippen molar-refractivity contribution in [3.8, 4) is 0 Å². The number of rotatable bonds is 16. The fourth-order valence-electron chi connectivity index (χ4n) is 3.23. The summed E-state index contributed by atoms with van der Waals surface area (Å²) in [6, 6.07) is 0. The van der Waals surface area contributed by atoms with Gasteiger partial charge in [-0.25, -0.2) is 0 Å². The van der Waals surface area contributed by atoms with Crippen LogP contribution in [0.5, 0.6) is 0 Å². The average Bonchev–Trinajstić information content (AvgIpc) is 2.68. The molecule has 0 radical (unpaired) electrons. The van der Waals surface area contributed by atoms with Crippen molar-refractivity contribution in [2.45, 2.75) is 46.0 Å². The molecule has 164 valence electrons. The van der Waals surface area contributed by atoms with Crippen LogP contribution in [0.2, 0.25) is 0 Å². The van der Waals surface area contributed by atoms with Crippen LogP contribution in [0.1, 0.15) is 46.0 Å². The van der Waals surface area contributed by atoms with Gasteiger partial charge < -0.3 is 24.6 Å². The van der Waals surface area contributed by atoms with E-state index in [1.807, 2.05) is 0 Å². The molecule has 1 unspecified atom stereocenters. The lowest BCUT2D eigenvalue weighted by Gasteiger charge is -2.34. The summed E-state index contributed by atoms with van der Waals surface area (Å²) < 4.78 is 10.9. The number of nitrogens with one attached hydrogen (secondary N) is 1. The number of ether oxygens (including phenoxy) is 2. The van der Waals surface area contributed by atoms with E-state index in [1.54, 1.807) is 0 Å². The molecule has 0 saturated carbocycles. The minimum atomic E-state index is -0.244. The zero-order valence-corrected chi connectivity index (χ0v) is 18.2. The van der Waals surface area contributed by atoms with E-state index in [0.29, 0.717) is 39.3 Å². The Morgan fingerprint density at radius 3 is 2.25 bits per heavy atom. The van der Waals surface area contributed by atoms with Crippen molar-refractivity contribution in [1.82, 2.24) is 15.1 Å². The number of Topliss-reactive ketones (excluding diaryl/α,β-unsaturated/α-hetero) is 1. The Labute approximate surface area is 171 Å². The Morgan fingerprint density at radius 1 is 0.964 bits per heavy atom. The third-order valence-corrected chi connectivity index (χ3v) is 4.94. The maximum absolute atomic E-state index is 12.8. The number of carbonyl (C=O) groups is 2. The molecule has 7 nitrogen and oxygen atoms in total. The number of ketones is 1. The molecule has 1 N–H and O–H groups in total. The van der Waals surface area contributed by atoms with Gasteiger partial charge in [0.2, 0.25) is 5.91 Å². The predicted molar refractivity (Wildman–Crippen MR) is 112 cm³/mol. The van der Waals surface area contributed by atoms with Crippen molar-refractivity contribution in [2.24, 2.45) is 5.92 Å². The van der Waals surface area contributed by atoms with Crippen molar-refractivity contribution >= 4 is 11.7 Å². The number of carbonyl (C=O) groups excluding carboxylic acids is 2. The molecule has 1 saturated heterocycles. The molecule has 0 spiro atoms. The van der Waals surface area contributed by atoms with Crippen LogP contribution in [0.4, 0.5) is 0 Å². The quantitative estimate of drug-likeness (QED) is 0.397. The van der Waals surface area contributed by atoms with Crippen LogP contribution in [0.3, 0.4) is 0 Å². The zero-order valence-electron chi connectivity index (χ0n) is 18.2. The Balaban J connectivity index is 2.44. The van der Waals surface area contributed by atoms with Crippen LogP contribution >= 0.6 is 0 Å². The van der Waals surface area contributed by atoms with E-state index in [1.165, 1.54) is 0 Å². The lowest BCUT2D eigenvalue weighted by molar-refractivity contribution is -0.130. The second-order valence-corrected chi connectivity index (χ2v) is 7.65. The minimum Gasteiger partial charge on any atom is -0.381 e. The monoisotopic (exact) mass is 399 g/mol. The van der Waals surface area contributed by atoms with Gasteiger partial charge in [-0.15, -0.1) is 0 Å². The first-order chi connectivity index (χ1) is 13.6. The lowest BCUT2D eigenvalue weighted by Crippen LogP contribution is -2.47. The van der Waals surface area contributed by atoms with Gasteiger partial charge in [-0.2, -0.15) is 0 Å². The Bertz CT molecular complexity index is 426. The molecule has 28 heavy (non-hydrogen) atoms. The molecule has 0 aromatic carbocycles. The van der Waals surface area contributed by atoms with Crippen LogP contribution in [0.15, 0.2) is 0 Å². The van der Waals surface area contributed by atoms with Crippen molar-refractivity contribution in [3.63, 3.8) is 0 Å². The SMILES string of the molecule is CCCOCCCC(=O)C(CC(=O)NCCOCCC)CN1CCN(C)CC1. The van der Waals surface area contributed by atoms with E-state index in [-0.39, 0.29) is 24.0 Å². The number of hydrogen-bond donors (Lipinski definition) is 1. The third-order valence-electron chi connectivity index (χ3n) is 4.94. The summed E-state index contributed by atoms with van der Waals surface area (Å²) in [6.45, 7) is 11.8. The van der Waals surface area contributed by atoms with Crippen LogP contribution in [-0.4, -0.2) is 94.2 Å². The fraction of sp³-hybridized carbons (Fsp3) is 0.905. The fourth-order valence-corrected chi connectivity index (χ4v) is 3.23. The van der Waals surface area contributed by atoms with Crippen molar-refractivity contribution in [1.29, 1.82) is 0 Å². The van der Waals surface area contributed by atoms with E-state index >= 15 is 0 Å². The summed E-state index contributed by atoms with van der Waals surface area (Å²) in [5, 5.41) is 2.89. The molecule has 1 aliphatic rings. The zero-order chi connectivity index (χ0) is 20.6. The van der Waals surface area contributed by atoms with Crippen LogP contribution in [0.25, 0.3) is 0 Å². The summed E-state index contributed by atoms with van der Waals surface area (Å²) in [7, 11) is 2.12. The van der Waals surface area contributed by atoms with Crippen LogP contribution in [-0.2, 0) is 19.1 Å². The second kappa shape index (κ2) is 15.9. The smallest absolute Gasteiger partial charge is 0.220 e. The molecule has 0 bridgehead atoms. The number of nitrogens with zero attached hydrogens (tertiary/aromatic N) is 2. The largest absolute Gasteiger partial charge is 0.381 e. The molecule has 1 atom stereocenters. The average molecular weight is 400 g/mol. The predicted octanol–water partition coefficient (Wildman–Crippen LogP) is 1.56. The summed E-state index contributed by atoms with van der Waals surface area (Å²) in [5.74, 6) is -0.127. The van der Waals surface area contributed by atoms with E-state index in [0.717, 1.165) is 52.0 Å². The first-order valence-corrected chi connectivity index (χ1v) is 10.9. The van der Waals surface area contributed by atoms with Crippen LogP contribution in [0, 0.1) is 5.92 Å². The minimum absolute atomic E-state index is 0.0604. The van der Waals surface area contributed by atoms with Gasteiger partial charge in [0.25, 0.3) is 0 Å². The highest BCUT2D eigenvalue weighted by molar-refractivity contribution is 5.87. The van der Waals surface area contributed by atoms with Gasteiger partial charge in [0.15, 0.2) is 0 Å². The Kier molecular flexibility index (Phi) is 14.2. The van der Waals surface area contributed by atoms with E-state index < -0.39 is 0 Å². The molecule has 1 rings (SSSR count). The molecule has 0 aromatic rings. The maximum Gasteiger partial charge on any atom is 0.220 e. The summed E-state index contributed by atoms with van der Waals surface area (Å²) >= 11 is 0. The van der Waals surface area contributed by atoms with Gasteiger partial charge >= 0.3 is 0 Å². The summed E-state index contributed by atoms with van der Waals surface area (Å²) in [4.78, 5) is 29.7. The molecule has 7 heteroatoms. The number of likely N-dealkylation sites (N-methyl/N-ethyl adjacent to an activating group) is 1. The van der Waals surface area contributed by atoms with Gasteiger partial charge in [-0.05, 0) is 26.3 Å². The van der Waals surface area contributed by atoms with Gasteiger partial charge in [0.1, 0.15) is 5.78 Å². The normalized spacial score (nSPS) is 16.8. The van der Waals surface area contributed by atoms with Crippen molar-refractivity contribution in [2.75, 3.05) is 72.7 Å². The Morgan fingerprint density at radius 2 is 1.61 bits per heavy atom. The van der Waals surface area contributed by atoms with Gasteiger partial charge in [-0.3, -0.25) is 9.59 Å². The van der Waals surface area contributed by atoms with Crippen molar-refractivity contribution in [3.05, 3.63) is 0 Å². The highest BCUT2D eigenvalue weighted by atomic mass is 16.5. The van der Waals surface area contributed by atoms with Gasteiger partial charge in [0.05, 0.1) is 6.61 Å². The third kappa shape index (κ3) is 11.7. The molecule has 0 aliphatic carbocycles. The maximum atomic E-state index is 12.8. The highest BCUT2D eigenvalue weighted by Crippen LogP contribution is 2.13. The topological polar surface area (TPSA) is 71.1 Å². The Hall–Kier alpha value is -1.02. The first-order valence-electron chi connectivity index (χ1n) is 10.9. The van der Waals surface area contributed by atoms with E-state index in [2.05, 4.69) is 36.0 Å². The number of hydrogen-bond acceptors (Lipinski definition) is 6. The lowest BCUT2D eigenvalue weighted by atomic mass is 9.95. The van der Waals surface area contributed by atoms with Gasteiger partial charge in [0, 0.05) is 77.8 Å². The van der Waals surface area contributed by atoms with E-state index in [9.17, 15) is 9.59 Å². The first kappa shape index (κ1) is 25.0. The summed E-state index contributed by atoms with van der Waals surface area (Å²) in [5.41, 5.74) is 0. The second-order valence-electron chi connectivity index (χ2n) is 7.65. The molecule has 0 aromatic heterocycles. The summed E-state index contributed by atoms with van der Waals surface area (Å²) in [6.07, 6.45) is 3.42. The molecule has 1 fully saturated rings. The molecule has 1 heterocycles. The van der Waals surface area contributed by atoms with E-state index in [4.69, 9.17) is 9.47 Å². The molecule has 1 aliphatic heterocycles. The molecule has 1 amide bonds. The standard InChI is InChI=1S/C21H41N3O4/c1-4-13-27-15-6-7-20(25)19(18-24-11-9-23(3)10-12-24)17-21(26)22-8-16-28-14-5-2/h19H,4-18H2,1-3H3,(H,22,26).